The topological polar surface area (TPSA) is 95.1 Å². The minimum absolute atomic E-state index is 0. The van der Waals surface area contributed by atoms with Crippen molar-refractivity contribution in [2.45, 2.75) is 45.4 Å². The average molecular weight is 517 g/mol. The molecule has 0 radical (unpaired) electrons. The first kappa shape index (κ1) is 25.0. The van der Waals surface area contributed by atoms with Crippen LogP contribution in [0.1, 0.15) is 32.8 Å². The maximum absolute atomic E-state index is 11.9. The highest BCUT2D eigenvalue weighted by atomic mass is 127. The standard InChI is InChI=1S/C20H31N5O3.HI/c1-20(2,3)28-19(27)25-13-16(14-25)24-18(21-4)22-11-10-17(26)23-12-15-8-6-5-7-9-15;/h5-9,16H,10-14H2,1-4H3,(H,23,26)(H2,21,22,24);1H. The van der Waals surface area contributed by atoms with Gasteiger partial charge >= 0.3 is 6.09 Å². The van der Waals surface area contributed by atoms with E-state index in [1.807, 2.05) is 51.1 Å². The van der Waals surface area contributed by atoms with Gasteiger partial charge < -0.3 is 25.6 Å². The molecule has 0 spiro atoms. The molecule has 9 heteroatoms. The summed E-state index contributed by atoms with van der Waals surface area (Å²) in [6.07, 6.45) is 0.0472. The number of halogens is 1. The summed E-state index contributed by atoms with van der Waals surface area (Å²) in [6, 6.07) is 9.91. The number of likely N-dealkylation sites (tertiary alicyclic amines) is 1. The molecule has 1 fully saturated rings. The van der Waals surface area contributed by atoms with Crippen LogP contribution in [-0.2, 0) is 16.1 Å². The van der Waals surface area contributed by atoms with Crippen LogP contribution in [0.3, 0.4) is 0 Å². The number of benzene rings is 1. The molecule has 162 valence electrons. The van der Waals surface area contributed by atoms with E-state index in [1.165, 1.54) is 0 Å². The van der Waals surface area contributed by atoms with Crippen LogP contribution in [0.5, 0.6) is 0 Å². The van der Waals surface area contributed by atoms with Crippen LogP contribution in [0, 0.1) is 0 Å². The van der Waals surface area contributed by atoms with E-state index in [0.717, 1.165) is 5.56 Å². The van der Waals surface area contributed by atoms with Crippen molar-refractivity contribution in [1.82, 2.24) is 20.9 Å². The van der Waals surface area contributed by atoms with E-state index in [1.54, 1.807) is 11.9 Å². The van der Waals surface area contributed by atoms with Crippen LogP contribution in [0.2, 0.25) is 0 Å². The first-order valence-electron chi connectivity index (χ1n) is 9.52. The van der Waals surface area contributed by atoms with E-state index in [0.29, 0.717) is 38.6 Å². The van der Waals surface area contributed by atoms with E-state index >= 15 is 0 Å². The summed E-state index contributed by atoms with van der Waals surface area (Å²) in [6.45, 7) is 7.67. The van der Waals surface area contributed by atoms with Gasteiger partial charge in [-0.25, -0.2) is 4.79 Å². The molecule has 0 bridgehead atoms. The Balaban J connectivity index is 0.00000420. The van der Waals surface area contributed by atoms with E-state index < -0.39 is 5.60 Å². The smallest absolute Gasteiger partial charge is 0.410 e. The second-order valence-corrected chi connectivity index (χ2v) is 7.74. The second-order valence-electron chi connectivity index (χ2n) is 7.74. The van der Waals surface area contributed by atoms with Gasteiger partial charge in [-0.3, -0.25) is 9.79 Å². The molecule has 0 unspecified atom stereocenters. The van der Waals surface area contributed by atoms with Crippen LogP contribution in [0.25, 0.3) is 0 Å². The molecule has 0 aliphatic carbocycles. The number of nitrogens with zero attached hydrogens (tertiary/aromatic N) is 2. The highest BCUT2D eigenvalue weighted by molar-refractivity contribution is 14.0. The molecule has 8 nitrogen and oxygen atoms in total. The lowest BCUT2D eigenvalue weighted by atomic mass is 10.1. The highest BCUT2D eigenvalue weighted by Gasteiger charge is 2.34. The second kappa shape index (κ2) is 11.8. The van der Waals surface area contributed by atoms with Gasteiger partial charge in [-0.2, -0.15) is 0 Å². The Labute approximate surface area is 189 Å². The van der Waals surface area contributed by atoms with Crippen molar-refractivity contribution in [3.8, 4) is 0 Å². The maximum Gasteiger partial charge on any atom is 0.410 e. The molecule has 2 rings (SSSR count). The fourth-order valence-corrected chi connectivity index (χ4v) is 2.61. The summed E-state index contributed by atoms with van der Waals surface area (Å²) in [5.41, 5.74) is 0.578. The summed E-state index contributed by atoms with van der Waals surface area (Å²) < 4.78 is 5.34. The first-order valence-corrected chi connectivity index (χ1v) is 9.52. The number of rotatable bonds is 6. The molecule has 1 saturated heterocycles. The monoisotopic (exact) mass is 517 g/mol. The molecule has 0 saturated carbocycles. The van der Waals surface area contributed by atoms with Crippen LogP contribution < -0.4 is 16.0 Å². The summed E-state index contributed by atoms with van der Waals surface area (Å²) >= 11 is 0. The average Bonchev–Trinajstić information content (AvgIpc) is 2.60. The van der Waals surface area contributed by atoms with E-state index in [4.69, 9.17) is 4.74 Å². The number of nitrogens with one attached hydrogen (secondary N) is 3. The summed E-state index contributed by atoms with van der Waals surface area (Å²) in [5.74, 6) is 0.594. The molecule has 29 heavy (non-hydrogen) atoms. The van der Waals surface area contributed by atoms with Crippen molar-refractivity contribution < 1.29 is 14.3 Å². The fourth-order valence-electron chi connectivity index (χ4n) is 2.61. The van der Waals surface area contributed by atoms with E-state index in [-0.39, 0.29) is 42.0 Å². The molecule has 0 aromatic heterocycles. The minimum atomic E-state index is -0.492. The number of carbonyl (C=O) groups excluding carboxylic acids is 2. The summed E-state index contributed by atoms with van der Waals surface area (Å²) in [4.78, 5) is 29.7. The maximum atomic E-state index is 11.9. The van der Waals surface area contributed by atoms with Gasteiger partial charge in [0.1, 0.15) is 5.60 Å². The van der Waals surface area contributed by atoms with Crippen molar-refractivity contribution >= 4 is 41.9 Å². The third-order valence-electron chi connectivity index (χ3n) is 4.07. The Hall–Kier alpha value is -2.04. The van der Waals surface area contributed by atoms with Gasteiger partial charge in [0, 0.05) is 39.6 Å². The van der Waals surface area contributed by atoms with Crippen LogP contribution >= 0.6 is 24.0 Å². The molecule has 0 atom stereocenters. The normalized spacial score (nSPS) is 14.3. The lowest BCUT2D eigenvalue weighted by molar-refractivity contribution is -0.121. The minimum Gasteiger partial charge on any atom is -0.444 e. The molecule has 1 aromatic rings. The largest absolute Gasteiger partial charge is 0.444 e. The van der Waals surface area contributed by atoms with Gasteiger partial charge in [-0.05, 0) is 26.3 Å². The number of aliphatic imine (C=N–C) groups is 1. The molecule has 2 amide bonds. The fraction of sp³-hybridized carbons (Fsp3) is 0.550. The van der Waals surface area contributed by atoms with E-state index in [2.05, 4.69) is 20.9 Å². The lowest BCUT2D eigenvalue weighted by Gasteiger charge is -2.40. The summed E-state index contributed by atoms with van der Waals surface area (Å²) in [7, 11) is 1.68. The zero-order valence-corrected chi connectivity index (χ0v) is 19.9. The highest BCUT2D eigenvalue weighted by Crippen LogP contribution is 2.15. The SMILES string of the molecule is CN=C(NCCC(=O)NCc1ccccc1)NC1CN(C(=O)OC(C)(C)C)C1.I. The molecule has 3 N–H and O–H groups in total. The van der Waals surface area contributed by atoms with Crippen molar-refractivity contribution in [3.05, 3.63) is 35.9 Å². The summed E-state index contributed by atoms with van der Waals surface area (Å²) in [5, 5.41) is 9.26. The number of hydrogen-bond acceptors (Lipinski definition) is 4. The molecule has 1 aliphatic heterocycles. The molecule has 1 aromatic carbocycles. The first-order chi connectivity index (χ1) is 13.3. The van der Waals surface area contributed by atoms with Crippen LogP contribution in [-0.4, -0.2) is 61.2 Å². The zero-order valence-electron chi connectivity index (χ0n) is 17.5. The van der Waals surface area contributed by atoms with Gasteiger partial charge in [0.2, 0.25) is 5.91 Å². The Morgan fingerprint density at radius 1 is 1.17 bits per heavy atom. The Morgan fingerprint density at radius 3 is 2.41 bits per heavy atom. The van der Waals surface area contributed by atoms with E-state index in [9.17, 15) is 9.59 Å². The van der Waals surface area contributed by atoms with Crippen LogP contribution in [0.15, 0.2) is 35.3 Å². The number of guanidine groups is 1. The quantitative estimate of drug-likeness (QED) is 0.305. The Morgan fingerprint density at radius 2 is 1.83 bits per heavy atom. The molecular weight excluding hydrogens is 485 g/mol. The third kappa shape index (κ3) is 9.33. The number of amides is 2. The van der Waals surface area contributed by atoms with Crippen molar-refractivity contribution in [3.63, 3.8) is 0 Å². The predicted octanol–water partition coefficient (Wildman–Crippen LogP) is 2.10. The van der Waals surface area contributed by atoms with Gasteiger partial charge in [0.05, 0.1) is 6.04 Å². The van der Waals surface area contributed by atoms with Crippen molar-refractivity contribution in [1.29, 1.82) is 0 Å². The number of ether oxygens (including phenoxy) is 1. The Bertz CT molecular complexity index is 685. The lowest BCUT2D eigenvalue weighted by Crippen LogP contribution is -2.63. The number of carbonyl (C=O) groups is 2. The van der Waals surface area contributed by atoms with Crippen LogP contribution in [0.4, 0.5) is 4.79 Å². The number of hydrogen-bond donors (Lipinski definition) is 3. The Kier molecular flexibility index (Phi) is 10.2. The molecule has 1 heterocycles. The van der Waals surface area contributed by atoms with Gasteiger partial charge in [0.25, 0.3) is 0 Å². The van der Waals surface area contributed by atoms with Crippen molar-refractivity contribution in [2.75, 3.05) is 26.7 Å². The van der Waals surface area contributed by atoms with Gasteiger partial charge in [-0.1, -0.05) is 30.3 Å². The third-order valence-corrected chi connectivity index (χ3v) is 4.07. The molecular formula is C20H32IN5O3. The van der Waals surface area contributed by atoms with Gasteiger partial charge in [0.15, 0.2) is 5.96 Å². The predicted molar refractivity (Wildman–Crippen MR) is 124 cm³/mol. The van der Waals surface area contributed by atoms with Crippen molar-refractivity contribution in [2.24, 2.45) is 4.99 Å². The van der Waals surface area contributed by atoms with Gasteiger partial charge in [-0.15, -0.1) is 24.0 Å². The molecule has 1 aliphatic rings. The zero-order chi connectivity index (χ0) is 20.6.